The van der Waals surface area contributed by atoms with Gasteiger partial charge in [-0.25, -0.2) is 9.48 Å². The highest BCUT2D eigenvalue weighted by atomic mass is 16.5. The first kappa shape index (κ1) is 23.3. The van der Waals surface area contributed by atoms with E-state index in [1.54, 1.807) is 29.8 Å². The molecule has 3 rings (SSSR count). The minimum atomic E-state index is -0.462. The van der Waals surface area contributed by atoms with Gasteiger partial charge >= 0.3 is 5.97 Å². The average molecular weight is 434 g/mol. The van der Waals surface area contributed by atoms with Crippen molar-refractivity contribution in [3.8, 4) is 16.9 Å². The summed E-state index contributed by atoms with van der Waals surface area (Å²) in [5, 5.41) is 7.56. The molecule has 32 heavy (non-hydrogen) atoms. The number of carbonyl (C=O) groups excluding carboxylic acids is 2. The SMILES string of the molecule is CCOC(=O)c1cc(-c2ccccc2C)n(-c2ccc(C(=O)N[C@@H](C)CC(C)C)cc2)n1. The van der Waals surface area contributed by atoms with Gasteiger partial charge in [-0.2, -0.15) is 5.10 Å². The van der Waals surface area contributed by atoms with E-state index in [0.29, 0.717) is 11.5 Å². The maximum atomic E-state index is 12.6. The summed E-state index contributed by atoms with van der Waals surface area (Å²) < 4.78 is 6.87. The van der Waals surface area contributed by atoms with Crippen molar-refractivity contribution in [1.82, 2.24) is 15.1 Å². The van der Waals surface area contributed by atoms with Gasteiger partial charge in [0.15, 0.2) is 5.69 Å². The number of carbonyl (C=O) groups is 2. The fraction of sp³-hybridized carbons (Fsp3) is 0.346. The molecular weight excluding hydrogens is 402 g/mol. The Balaban J connectivity index is 1.93. The Labute approximate surface area is 189 Å². The number of hydrogen-bond donors (Lipinski definition) is 1. The Morgan fingerprint density at radius 2 is 1.75 bits per heavy atom. The molecule has 0 bridgehead atoms. The number of benzene rings is 2. The van der Waals surface area contributed by atoms with Crippen LogP contribution in [-0.2, 0) is 4.74 Å². The molecule has 2 aromatic carbocycles. The Morgan fingerprint density at radius 1 is 1.06 bits per heavy atom. The van der Waals surface area contributed by atoms with Crippen molar-refractivity contribution in [3.63, 3.8) is 0 Å². The minimum absolute atomic E-state index is 0.100. The van der Waals surface area contributed by atoms with Crippen molar-refractivity contribution < 1.29 is 14.3 Å². The number of aryl methyl sites for hydroxylation is 1. The van der Waals surface area contributed by atoms with Gasteiger partial charge in [0, 0.05) is 17.2 Å². The summed E-state index contributed by atoms with van der Waals surface area (Å²) in [6, 6.07) is 17.0. The van der Waals surface area contributed by atoms with Crippen LogP contribution in [0, 0.1) is 12.8 Å². The van der Waals surface area contributed by atoms with Crippen LogP contribution < -0.4 is 5.32 Å². The molecule has 3 aromatic rings. The smallest absolute Gasteiger partial charge is 0.358 e. The number of ether oxygens (including phenoxy) is 1. The van der Waals surface area contributed by atoms with E-state index in [1.165, 1.54) is 0 Å². The zero-order chi connectivity index (χ0) is 23.3. The fourth-order valence-electron chi connectivity index (χ4n) is 3.76. The molecule has 1 heterocycles. The number of nitrogens with zero attached hydrogens (tertiary/aromatic N) is 2. The molecule has 0 saturated heterocycles. The summed E-state index contributed by atoms with van der Waals surface area (Å²) in [6.07, 6.45) is 0.924. The van der Waals surface area contributed by atoms with Gasteiger partial charge in [0.2, 0.25) is 0 Å². The normalized spacial score (nSPS) is 11.9. The first-order valence-corrected chi connectivity index (χ1v) is 11.0. The van der Waals surface area contributed by atoms with Crippen molar-refractivity contribution >= 4 is 11.9 Å². The Hall–Kier alpha value is -3.41. The molecule has 0 unspecified atom stereocenters. The summed E-state index contributed by atoms with van der Waals surface area (Å²) in [6.45, 7) is 10.4. The molecule has 0 aliphatic rings. The first-order chi connectivity index (χ1) is 15.3. The Bertz CT molecular complexity index is 1080. The van der Waals surface area contributed by atoms with E-state index in [2.05, 4.69) is 24.3 Å². The van der Waals surface area contributed by atoms with E-state index < -0.39 is 5.97 Å². The molecule has 1 aromatic heterocycles. The number of nitrogens with one attached hydrogen (secondary N) is 1. The molecule has 1 atom stereocenters. The molecule has 0 radical (unpaired) electrons. The number of amides is 1. The van der Waals surface area contributed by atoms with E-state index in [1.807, 2.05) is 50.2 Å². The maximum Gasteiger partial charge on any atom is 0.358 e. The van der Waals surface area contributed by atoms with Crippen molar-refractivity contribution in [2.75, 3.05) is 6.61 Å². The quantitative estimate of drug-likeness (QED) is 0.496. The van der Waals surface area contributed by atoms with E-state index in [4.69, 9.17) is 4.74 Å². The predicted molar refractivity (Wildman–Crippen MR) is 126 cm³/mol. The van der Waals surface area contributed by atoms with E-state index in [0.717, 1.165) is 28.9 Å². The second-order valence-electron chi connectivity index (χ2n) is 8.41. The van der Waals surface area contributed by atoms with Crippen LogP contribution in [0.25, 0.3) is 16.9 Å². The van der Waals surface area contributed by atoms with Gasteiger partial charge in [0.1, 0.15) is 0 Å². The van der Waals surface area contributed by atoms with Gasteiger partial charge in [-0.05, 0) is 69.0 Å². The summed E-state index contributed by atoms with van der Waals surface area (Å²) in [5.41, 5.74) is 4.41. The lowest BCUT2D eigenvalue weighted by molar-refractivity contribution is 0.0518. The third kappa shape index (κ3) is 5.44. The molecule has 0 fully saturated rings. The number of rotatable bonds is 8. The third-order valence-corrected chi connectivity index (χ3v) is 5.19. The lowest BCUT2D eigenvalue weighted by Crippen LogP contribution is -2.33. The van der Waals surface area contributed by atoms with Crippen molar-refractivity contribution in [2.24, 2.45) is 5.92 Å². The van der Waals surface area contributed by atoms with E-state index in [-0.39, 0.29) is 24.2 Å². The predicted octanol–water partition coefficient (Wildman–Crippen LogP) is 5.19. The number of esters is 1. The second-order valence-corrected chi connectivity index (χ2v) is 8.41. The number of aromatic nitrogens is 2. The highest BCUT2D eigenvalue weighted by Crippen LogP contribution is 2.27. The molecule has 0 aliphatic carbocycles. The standard InChI is InChI=1S/C26H31N3O3/c1-6-32-26(31)23-16-24(22-10-8-7-9-18(22)4)29(28-23)21-13-11-20(12-14-21)25(30)27-19(5)15-17(2)3/h7-14,16-17,19H,6,15H2,1-5H3,(H,27,30)/t19-/m0/s1. The van der Waals surface area contributed by atoms with E-state index >= 15 is 0 Å². The summed E-state index contributed by atoms with van der Waals surface area (Å²) in [4.78, 5) is 24.9. The highest BCUT2D eigenvalue weighted by Gasteiger charge is 2.19. The summed E-state index contributed by atoms with van der Waals surface area (Å²) in [5.74, 6) is -0.0475. The largest absolute Gasteiger partial charge is 0.461 e. The van der Waals surface area contributed by atoms with Crippen molar-refractivity contribution in [2.45, 2.75) is 47.1 Å². The van der Waals surface area contributed by atoms with Gasteiger partial charge in [-0.3, -0.25) is 4.79 Å². The molecule has 6 nitrogen and oxygen atoms in total. The van der Waals surface area contributed by atoms with E-state index in [9.17, 15) is 9.59 Å². The average Bonchev–Trinajstić information content (AvgIpc) is 3.19. The van der Waals surface area contributed by atoms with Crippen LogP contribution in [0.4, 0.5) is 0 Å². The van der Waals surface area contributed by atoms with Gasteiger partial charge in [0.05, 0.1) is 18.0 Å². The summed E-state index contributed by atoms with van der Waals surface area (Å²) >= 11 is 0. The summed E-state index contributed by atoms with van der Waals surface area (Å²) in [7, 11) is 0. The van der Waals surface area contributed by atoms with Crippen LogP contribution in [0.15, 0.2) is 54.6 Å². The van der Waals surface area contributed by atoms with Gasteiger partial charge in [0.25, 0.3) is 5.91 Å². The third-order valence-electron chi connectivity index (χ3n) is 5.19. The lowest BCUT2D eigenvalue weighted by Gasteiger charge is -2.16. The Kier molecular flexibility index (Phi) is 7.46. The topological polar surface area (TPSA) is 73.2 Å². The van der Waals surface area contributed by atoms with Crippen LogP contribution in [0.2, 0.25) is 0 Å². The molecule has 0 spiro atoms. The molecule has 0 saturated carbocycles. The van der Waals surface area contributed by atoms with Crippen LogP contribution in [0.1, 0.15) is 60.5 Å². The van der Waals surface area contributed by atoms with Crippen molar-refractivity contribution in [1.29, 1.82) is 0 Å². The van der Waals surface area contributed by atoms with Crippen LogP contribution >= 0.6 is 0 Å². The first-order valence-electron chi connectivity index (χ1n) is 11.0. The van der Waals surface area contributed by atoms with Gasteiger partial charge < -0.3 is 10.1 Å². The molecule has 6 heteroatoms. The van der Waals surface area contributed by atoms with Crippen LogP contribution in [0.3, 0.4) is 0 Å². The number of hydrogen-bond acceptors (Lipinski definition) is 4. The molecule has 168 valence electrons. The van der Waals surface area contributed by atoms with Crippen LogP contribution in [0.5, 0.6) is 0 Å². The zero-order valence-electron chi connectivity index (χ0n) is 19.4. The zero-order valence-corrected chi connectivity index (χ0v) is 19.4. The highest BCUT2D eigenvalue weighted by molar-refractivity contribution is 5.94. The molecule has 1 amide bonds. The second kappa shape index (κ2) is 10.3. The Morgan fingerprint density at radius 3 is 2.38 bits per heavy atom. The lowest BCUT2D eigenvalue weighted by atomic mass is 10.0. The monoisotopic (exact) mass is 433 g/mol. The fourth-order valence-corrected chi connectivity index (χ4v) is 3.76. The molecule has 0 aliphatic heterocycles. The molecule has 1 N–H and O–H groups in total. The maximum absolute atomic E-state index is 12.6. The van der Waals surface area contributed by atoms with Crippen LogP contribution in [-0.4, -0.2) is 34.3 Å². The molecular formula is C26H31N3O3. The van der Waals surface area contributed by atoms with Gasteiger partial charge in [-0.15, -0.1) is 0 Å². The minimum Gasteiger partial charge on any atom is -0.461 e. The van der Waals surface area contributed by atoms with Gasteiger partial charge in [-0.1, -0.05) is 38.1 Å². The van der Waals surface area contributed by atoms with Crippen molar-refractivity contribution in [3.05, 3.63) is 71.4 Å².